The number of aliphatic hydroxyl groups excluding tert-OH is 2. The molecule has 8 nitrogen and oxygen atoms in total. The van der Waals surface area contributed by atoms with Gasteiger partial charge in [0.25, 0.3) is 0 Å². The highest BCUT2D eigenvalue weighted by Crippen LogP contribution is 2.40. The lowest BCUT2D eigenvalue weighted by atomic mass is 9.94. The van der Waals surface area contributed by atoms with Crippen LogP contribution in [0.1, 0.15) is 41.0 Å². The van der Waals surface area contributed by atoms with Crippen LogP contribution in [0.15, 0.2) is 48.5 Å². The van der Waals surface area contributed by atoms with Crippen LogP contribution in [0.2, 0.25) is 0 Å². The summed E-state index contributed by atoms with van der Waals surface area (Å²) in [5, 5.41) is 19.5. The number of carbonyl (C=O) groups excluding carboxylic acids is 1. The second kappa shape index (κ2) is 12.5. The number of halogens is 1. The minimum absolute atomic E-state index is 0.0886. The standard InChI is InChI=1S/C32H35FO8/c1-18-7-23(38-16-24-11-27(34)28(35)17-39-24)8-19(2)32(18)21-6-4-5-20(9-21)14-40-30-13-29-25(12-26(30)33)22(15-41-29)10-31(36)37-3/h4-9,12-13,22,24,27-28,34-35H,10-11,14-17H2,1-3H3/t22?,24-,27-,28+/m0/s1. The molecule has 0 saturated carbocycles. The van der Waals surface area contributed by atoms with Gasteiger partial charge in [0.15, 0.2) is 11.6 Å². The zero-order valence-electron chi connectivity index (χ0n) is 23.4. The second-order valence-electron chi connectivity index (χ2n) is 10.7. The Morgan fingerprint density at radius 2 is 1.80 bits per heavy atom. The fraction of sp³-hybridized carbons (Fsp3) is 0.406. The van der Waals surface area contributed by atoms with E-state index >= 15 is 0 Å². The first kappa shape index (κ1) is 28.9. The zero-order valence-corrected chi connectivity index (χ0v) is 23.4. The lowest BCUT2D eigenvalue weighted by molar-refractivity contribution is -0.141. The monoisotopic (exact) mass is 566 g/mol. The van der Waals surface area contributed by atoms with E-state index in [1.807, 2.05) is 50.2 Å². The summed E-state index contributed by atoms with van der Waals surface area (Å²) in [6.45, 7) is 4.86. The fourth-order valence-corrected chi connectivity index (χ4v) is 5.42. The zero-order chi connectivity index (χ0) is 29.1. The Morgan fingerprint density at radius 3 is 2.54 bits per heavy atom. The minimum Gasteiger partial charge on any atom is -0.492 e. The van der Waals surface area contributed by atoms with Crippen LogP contribution in [0.3, 0.4) is 0 Å². The second-order valence-corrected chi connectivity index (χ2v) is 10.7. The van der Waals surface area contributed by atoms with Crippen molar-refractivity contribution in [2.75, 3.05) is 26.9 Å². The van der Waals surface area contributed by atoms with Crippen LogP contribution < -0.4 is 14.2 Å². The Kier molecular flexibility index (Phi) is 8.77. The summed E-state index contributed by atoms with van der Waals surface area (Å²) < 4.78 is 42.7. The molecule has 1 saturated heterocycles. The highest BCUT2D eigenvalue weighted by Gasteiger charge is 2.30. The van der Waals surface area contributed by atoms with E-state index in [9.17, 15) is 19.4 Å². The molecule has 218 valence electrons. The van der Waals surface area contributed by atoms with Gasteiger partial charge in [0.2, 0.25) is 0 Å². The number of fused-ring (bicyclic) bond motifs is 1. The molecule has 3 aromatic rings. The van der Waals surface area contributed by atoms with Crippen LogP contribution >= 0.6 is 0 Å². The third kappa shape index (κ3) is 6.64. The third-order valence-corrected chi connectivity index (χ3v) is 7.59. The third-order valence-electron chi connectivity index (χ3n) is 7.59. The number of esters is 1. The van der Waals surface area contributed by atoms with Crippen LogP contribution in [-0.4, -0.2) is 61.4 Å². The van der Waals surface area contributed by atoms with E-state index in [2.05, 4.69) is 0 Å². The lowest BCUT2D eigenvalue weighted by Gasteiger charge is -2.30. The van der Waals surface area contributed by atoms with Crippen molar-refractivity contribution in [3.8, 4) is 28.4 Å². The average molecular weight is 567 g/mol. The summed E-state index contributed by atoms with van der Waals surface area (Å²) in [5.74, 6) is 0.189. The average Bonchev–Trinajstić information content (AvgIpc) is 3.33. The molecule has 9 heteroatoms. The van der Waals surface area contributed by atoms with Crippen molar-refractivity contribution >= 4 is 5.97 Å². The highest BCUT2D eigenvalue weighted by atomic mass is 19.1. The molecule has 0 bridgehead atoms. The smallest absolute Gasteiger partial charge is 0.306 e. The van der Waals surface area contributed by atoms with E-state index in [4.69, 9.17) is 23.7 Å². The van der Waals surface area contributed by atoms with Crippen LogP contribution in [0.4, 0.5) is 4.39 Å². The normalized spacial score (nSPS) is 21.6. The molecule has 1 fully saturated rings. The van der Waals surface area contributed by atoms with E-state index < -0.39 is 18.0 Å². The van der Waals surface area contributed by atoms with Crippen molar-refractivity contribution in [2.24, 2.45) is 0 Å². The number of rotatable bonds is 9. The molecule has 0 aromatic heterocycles. The number of aryl methyl sites for hydroxylation is 2. The lowest BCUT2D eigenvalue weighted by Crippen LogP contribution is -2.43. The summed E-state index contributed by atoms with van der Waals surface area (Å²) in [4.78, 5) is 11.7. The van der Waals surface area contributed by atoms with E-state index in [-0.39, 0.29) is 50.0 Å². The SMILES string of the molecule is COC(=O)CC1COc2cc(OCc3cccc(-c4c(C)cc(OC[C@@H]5C[C@H](O)[C@H](O)CO5)cc4C)c3)c(F)cc21. The summed E-state index contributed by atoms with van der Waals surface area (Å²) in [7, 11) is 1.33. The molecule has 5 rings (SSSR count). The first-order valence-electron chi connectivity index (χ1n) is 13.7. The van der Waals surface area contributed by atoms with Gasteiger partial charge in [-0.15, -0.1) is 0 Å². The molecule has 0 radical (unpaired) electrons. The van der Waals surface area contributed by atoms with Crippen molar-refractivity contribution in [1.82, 2.24) is 0 Å². The number of aliphatic hydroxyl groups is 2. The van der Waals surface area contributed by atoms with Crippen molar-refractivity contribution in [3.05, 3.63) is 76.6 Å². The molecule has 41 heavy (non-hydrogen) atoms. The predicted octanol–water partition coefficient (Wildman–Crippen LogP) is 4.62. The molecule has 4 atom stereocenters. The van der Waals surface area contributed by atoms with E-state index in [1.54, 1.807) is 6.07 Å². The highest BCUT2D eigenvalue weighted by molar-refractivity contribution is 5.72. The fourth-order valence-electron chi connectivity index (χ4n) is 5.42. The summed E-state index contributed by atoms with van der Waals surface area (Å²) in [5.41, 5.74) is 5.65. The van der Waals surface area contributed by atoms with Crippen LogP contribution in [-0.2, 0) is 20.9 Å². The van der Waals surface area contributed by atoms with Crippen LogP contribution in [0.5, 0.6) is 17.2 Å². The Balaban J connectivity index is 1.24. The van der Waals surface area contributed by atoms with Gasteiger partial charge in [-0.2, -0.15) is 0 Å². The minimum atomic E-state index is -0.857. The molecule has 2 aliphatic heterocycles. The Hall–Kier alpha value is -3.66. The number of hydrogen-bond donors (Lipinski definition) is 2. The van der Waals surface area contributed by atoms with E-state index in [0.717, 1.165) is 27.8 Å². The first-order chi connectivity index (χ1) is 19.7. The molecule has 0 spiro atoms. The number of methoxy groups -OCH3 is 1. The van der Waals surface area contributed by atoms with Gasteiger partial charge in [0, 0.05) is 24.0 Å². The number of carbonyl (C=O) groups is 1. The summed E-state index contributed by atoms with van der Waals surface area (Å²) in [6.07, 6.45) is -1.49. The molecule has 0 amide bonds. The Morgan fingerprint density at radius 1 is 1.02 bits per heavy atom. The van der Waals surface area contributed by atoms with Crippen molar-refractivity contribution in [1.29, 1.82) is 0 Å². The van der Waals surface area contributed by atoms with Gasteiger partial charge in [-0.3, -0.25) is 4.79 Å². The van der Waals surface area contributed by atoms with Gasteiger partial charge >= 0.3 is 5.97 Å². The molecule has 2 aliphatic rings. The van der Waals surface area contributed by atoms with Crippen molar-refractivity contribution < 1.29 is 43.1 Å². The summed E-state index contributed by atoms with van der Waals surface area (Å²) in [6, 6.07) is 14.8. The maximum absolute atomic E-state index is 14.9. The molecule has 2 N–H and O–H groups in total. The largest absolute Gasteiger partial charge is 0.492 e. The van der Waals surface area contributed by atoms with Crippen molar-refractivity contribution in [2.45, 2.75) is 57.5 Å². The van der Waals surface area contributed by atoms with Gasteiger partial charge in [0.05, 0.1) is 39.0 Å². The van der Waals surface area contributed by atoms with Gasteiger partial charge in [0.1, 0.15) is 30.8 Å². The van der Waals surface area contributed by atoms with Crippen LogP contribution in [0, 0.1) is 19.7 Å². The topological polar surface area (TPSA) is 104 Å². The van der Waals surface area contributed by atoms with Gasteiger partial charge in [-0.1, -0.05) is 18.2 Å². The van der Waals surface area contributed by atoms with Crippen LogP contribution in [0.25, 0.3) is 11.1 Å². The van der Waals surface area contributed by atoms with E-state index in [1.165, 1.54) is 13.2 Å². The molecular formula is C32H35FO8. The Labute approximate surface area is 238 Å². The molecular weight excluding hydrogens is 531 g/mol. The van der Waals surface area contributed by atoms with Crippen molar-refractivity contribution in [3.63, 3.8) is 0 Å². The maximum atomic E-state index is 14.9. The molecule has 0 aliphatic carbocycles. The van der Waals surface area contributed by atoms with Gasteiger partial charge in [-0.25, -0.2) is 4.39 Å². The van der Waals surface area contributed by atoms with Gasteiger partial charge in [-0.05, 0) is 65.9 Å². The number of benzene rings is 3. The molecule has 2 heterocycles. The molecule has 1 unspecified atom stereocenters. The maximum Gasteiger partial charge on any atom is 0.306 e. The Bertz CT molecular complexity index is 1380. The van der Waals surface area contributed by atoms with E-state index in [0.29, 0.717) is 30.1 Å². The van der Waals surface area contributed by atoms with Gasteiger partial charge < -0.3 is 33.9 Å². The number of hydrogen-bond acceptors (Lipinski definition) is 8. The number of ether oxygens (including phenoxy) is 5. The quantitative estimate of drug-likeness (QED) is 0.362. The summed E-state index contributed by atoms with van der Waals surface area (Å²) >= 11 is 0. The predicted molar refractivity (Wildman–Crippen MR) is 149 cm³/mol. The molecule has 3 aromatic carbocycles. The first-order valence-corrected chi connectivity index (χ1v) is 13.7.